The molecule has 0 radical (unpaired) electrons. The summed E-state index contributed by atoms with van der Waals surface area (Å²) in [5, 5.41) is 9.75. The summed E-state index contributed by atoms with van der Waals surface area (Å²) in [7, 11) is 2.02. The molecule has 4 rings (SSSR count). The van der Waals surface area contributed by atoms with E-state index in [-0.39, 0.29) is 23.6 Å². The van der Waals surface area contributed by atoms with Gasteiger partial charge in [0.15, 0.2) is 0 Å². The first-order valence-corrected chi connectivity index (χ1v) is 8.13. The molecule has 2 aromatic rings. The number of nitrogens with zero attached hydrogens (tertiary/aromatic N) is 3. The number of anilines is 1. The van der Waals surface area contributed by atoms with Gasteiger partial charge in [-0.25, -0.2) is 4.98 Å². The van der Waals surface area contributed by atoms with Crippen LogP contribution in [0.4, 0.5) is 5.69 Å². The number of hydrogen-bond acceptors (Lipinski definition) is 4. The zero-order valence-electron chi connectivity index (χ0n) is 13.4. The van der Waals surface area contributed by atoms with E-state index in [1.165, 1.54) is 0 Å². The van der Waals surface area contributed by atoms with Crippen molar-refractivity contribution in [1.29, 1.82) is 0 Å². The Hall–Kier alpha value is -2.30. The predicted octanol–water partition coefficient (Wildman–Crippen LogP) is 2.48. The predicted molar refractivity (Wildman–Crippen MR) is 87.7 cm³/mol. The molecular formula is C18H21N3O2. The van der Waals surface area contributed by atoms with Gasteiger partial charge in [-0.2, -0.15) is 0 Å². The van der Waals surface area contributed by atoms with Gasteiger partial charge in [0.25, 0.3) is 0 Å². The number of ketones is 1. The lowest BCUT2D eigenvalue weighted by atomic mass is 9.75. The van der Waals surface area contributed by atoms with Crippen LogP contribution in [0.1, 0.15) is 30.1 Å². The molecule has 1 aliphatic carbocycles. The van der Waals surface area contributed by atoms with Crippen molar-refractivity contribution in [3.63, 3.8) is 0 Å². The maximum atomic E-state index is 13.1. The summed E-state index contributed by atoms with van der Waals surface area (Å²) >= 11 is 0. The Bertz CT molecular complexity index is 767. The Morgan fingerprint density at radius 3 is 2.91 bits per heavy atom. The quantitative estimate of drug-likeness (QED) is 0.925. The molecule has 3 atom stereocenters. The molecule has 0 amide bonds. The van der Waals surface area contributed by atoms with Crippen LogP contribution in [0.25, 0.3) is 0 Å². The fourth-order valence-corrected chi connectivity index (χ4v) is 4.20. The number of aromatic hydroxyl groups is 1. The fraction of sp³-hybridized carbons (Fsp3) is 0.444. The first-order chi connectivity index (χ1) is 11.1. The van der Waals surface area contributed by atoms with Crippen LogP contribution in [0, 0.1) is 12.8 Å². The molecule has 1 aromatic heterocycles. The molecule has 3 unspecified atom stereocenters. The van der Waals surface area contributed by atoms with Crippen molar-refractivity contribution in [2.75, 3.05) is 11.9 Å². The molecule has 5 heteroatoms. The minimum absolute atomic E-state index is 0.0392. The molecular weight excluding hydrogens is 290 g/mol. The van der Waals surface area contributed by atoms with Gasteiger partial charge in [0.05, 0.1) is 5.92 Å². The van der Waals surface area contributed by atoms with Crippen molar-refractivity contribution >= 4 is 11.5 Å². The largest absolute Gasteiger partial charge is 0.508 e. The SMILES string of the molecule is Cc1nccn1CC1CCC2C(C1=O)c1ccc(O)cc1N2C. The van der Waals surface area contributed by atoms with Gasteiger partial charge in [-0.3, -0.25) is 4.79 Å². The topological polar surface area (TPSA) is 58.4 Å². The van der Waals surface area contributed by atoms with Crippen molar-refractivity contribution in [3.8, 4) is 5.75 Å². The number of carbonyl (C=O) groups excluding carboxylic acids is 1. The van der Waals surface area contributed by atoms with Crippen LogP contribution in [0.15, 0.2) is 30.6 Å². The van der Waals surface area contributed by atoms with Gasteiger partial charge >= 0.3 is 0 Å². The summed E-state index contributed by atoms with van der Waals surface area (Å²) in [6.07, 6.45) is 5.64. The maximum Gasteiger partial charge on any atom is 0.147 e. The number of aromatic nitrogens is 2. The van der Waals surface area contributed by atoms with Crippen LogP contribution in [-0.4, -0.2) is 33.5 Å². The number of benzene rings is 1. The van der Waals surface area contributed by atoms with Gasteiger partial charge in [-0.15, -0.1) is 0 Å². The Morgan fingerprint density at radius 2 is 2.17 bits per heavy atom. The molecule has 120 valence electrons. The van der Waals surface area contributed by atoms with E-state index < -0.39 is 0 Å². The molecule has 1 N–H and O–H groups in total. The van der Waals surface area contributed by atoms with Crippen molar-refractivity contribution < 1.29 is 9.90 Å². The van der Waals surface area contributed by atoms with Gasteiger partial charge < -0.3 is 14.6 Å². The number of Topliss-reactive ketones (excluding diaryl/α,β-unsaturated/α-hetero) is 1. The van der Waals surface area contributed by atoms with Crippen LogP contribution < -0.4 is 4.90 Å². The molecule has 23 heavy (non-hydrogen) atoms. The van der Waals surface area contributed by atoms with Crippen LogP contribution in [0.3, 0.4) is 0 Å². The first-order valence-electron chi connectivity index (χ1n) is 8.13. The Labute approximate surface area is 135 Å². The maximum absolute atomic E-state index is 13.1. The van der Waals surface area contributed by atoms with E-state index in [4.69, 9.17) is 0 Å². The van der Waals surface area contributed by atoms with Crippen LogP contribution in [0.5, 0.6) is 5.75 Å². The molecule has 0 spiro atoms. The molecule has 0 bridgehead atoms. The molecule has 1 saturated carbocycles. The number of likely N-dealkylation sites (N-methyl/N-ethyl adjacent to an activating group) is 1. The second-order valence-electron chi connectivity index (χ2n) is 6.70. The average molecular weight is 311 g/mol. The number of rotatable bonds is 2. The minimum atomic E-state index is -0.0711. The van der Waals surface area contributed by atoms with E-state index in [0.717, 1.165) is 29.9 Å². The molecule has 2 aliphatic rings. The van der Waals surface area contributed by atoms with Gasteiger partial charge in [0.2, 0.25) is 0 Å². The number of carbonyl (C=O) groups is 1. The van der Waals surface area contributed by atoms with E-state index in [0.29, 0.717) is 12.3 Å². The molecule has 5 nitrogen and oxygen atoms in total. The number of phenols is 1. The molecule has 0 saturated heterocycles. The monoisotopic (exact) mass is 311 g/mol. The third-order valence-corrected chi connectivity index (χ3v) is 5.47. The van der Waals surface area contributed by atoms with E-state index in [1.807, 2.05) is 26.2 Å². The van der Waals surface area contributed by atoms with E-state index in [9.17, 15) is 9.90 Å². The number of imidazole rings is 1. The zero-order valence-corrected chi connectivity index (χ0v) is 13.4. The van der Waals surface area contributed by atoms with Crippen LogP contribution in [-0.2, 0) is 11.3 Å². The summed E-state index contributed by atoms with van der Waals surface area (Å²) in [5.41, 5.74) is 2.06. The van der Waals surface area contributed by atoms with E-state index in [1.54, 1.807) is 18.3 Å². The number of fused-ring (bicyclic) bond motifs is 3. The lowest BCUT2D eigenvalue weighted by Gasteiger charge is -2.34. The lowest BCUT2D eigenvalue weighted by Crippen LogP contribution is -2.42. The zero-order chi connectivity index (χ0) is 16.1. The van der Waals surface area contributed by atoms with E-state index in [2.05, 4.69) is 14.5 Å². The first kappa shape index (κ1) is 14.3. The summed E-state index contributed by atoms with van der Waals surface area (Å²) in [4.78, 5) is 19.5. The highest BCUT2D eigenvalue weighted by atomic mass is 16.3. The molecule has 1 aliphatic heterocycles. The molecule has 2 heterocycles. The van der Waals surface area contributed by atoms with Crippen LogP contribution >= 0.6 is 0 Å². The lowest BCUT2D eigenvalue weighted by molar-refractivity contribution is -0.127. The Morgan fingerprint density at radius 1 is 1.35 bits per heavy atom. The van der Waals surface area contributed by atoms with Crippen molar-refractivity contribution in [2.45, 2.75) is 38.3 Å². The Kier molecular flexibility index (Phi) is 3.18. The highest BCUT2D eigenvalue weighted by Gasteiger charge is 2.46. The van der Waals surface area contributed by atoms with Gasteiger partial charge in [0, 0.05) is 49.7 Å². The standard InChI is InChI=1S/C18H21N3O2/c1-11-19-7-8-21(11)10-12-3-6-15-17(18(12)23)14-5-4-13(22)9-16(14)20(15)2/h4-5,7-9,12,15,17,22H,3,6,10H2,1-2H3. The van der Waals surface area contributed by atoms with Crippen molar-refractivity contribution in [2.24, 2.45) is 5.92 Å². The highest BCUT2D eigenvalue weighted by Crippen LogP contribution is 2.47. The highest BCUT2D eigenvalue weighted by molar-refractivity contribution is 5.93. The Balaban J connectivity index is 1.65. The number of hydrogen-bond donors (Lipinski definition) is 1. The summed E-state index contributed by atoms with van der Waals surface area (Å²) in [6, 6.07) is 5.59. The summed E-state index contributed by atoms with van der Waals surface area (Å²) in [5.74, 6) is 1.50. The van der Waals surface area contributed by atoms with Gasteiger partial charge in [-0.05, 0) is 31.4 Å². The normalized spacial score (nSPS) is 26.3. The fourth-order valence-electron chi connectivity index (χ4n) is 4.20. The second-order valence-corrected chi connectivity index (χ2v) is 6.70. The van der Waals surface area contributed by atoms with E-state index >= 15 is 0 Å². The van der Waals surface area contributed by atoms with Crippen LogP contribution in [0.2, 0.25) is 0 Å². The van der Waals surface area contributed by atoms with Crippen molar-refractivity contribution in [1.82, 2.24) is 9.55 Å². The second kappa shape index (κ2) is 5.11. The summed E-state index contributed by atoms with van der Waals surface area (Å²) in [6.45, 7) is 2.68. The smallest absolute Gasteiger partial charge is 0.147 e. The third kappa shape index (κ3) is 2.14. The third-order valence-electron chi connectivity index (χ3n) is 5.47. The number of phenolic OH excluding ortho intramolecular Hbond substituents is 1. The van der Waals surface area contributed by atoms with Gasteiger partial charge in [0.1, 0.15) is 17.4 Å². The van der Waals surface area contributed by atoms with Crippen molar-refractivity contribution in [3.05, 3.63) is 42.0 Å². The minimum Gasteiger partial charge on any atom is -0.508 e. The molecule has 1 fully saturated rings. The van der Waals surface area contributed by atoms with Gasteiger partial charge in [-0.1, -0.05) is 6.07 Å². The molecule has 1 aromatic carbocycles. The number of aryl methyl sites for hydroxylation is 1. The summed E-state index contributed by atoms with van der Waals surface area (Å²) < 4.78 is 2.07. The average Bonchev–Trinajstić information content (AvgIpc) is 3.05.